The Bertz CT molecular complexity index is 1780. The molecule has 1 aromatic heterocycles. The van der Waals surface area contributed by atoms with Gasteiger partial charge in [-0.1, -0.05) is 43.2 Å². The first-order chi connectivity index (χ1) is 25.2. The Morgan fingerprint density at radius 1 is 0.981 bits per heavy atom. The van der Waals surface area contributed by atoms with E-state index in [4.69, 9.17) is 0 Å². The normalized spacial score (nSPS) is 29.5. The molecule has 6 N–H and O–H groups in total. The summed E-state index contributed by atoms with van der Waals surface area (Å²) in [4.78, 5) is 43.1. The zero-order chi connectivity index (χ0) is 36.2. The maximum Gasteiger partial charge on any atom is 0.314 e. The number of hydrogen-bond acceptors (Lipinski definition) is 7. The first-order valence-corrected chi connectivity index (χ1v) is 19.8. The van der Waals surface area contributed by atoms with Crippen molar-refractivity contribution in [2.45, 2.75) is 101 Å². The fraction of sp³-hybridized carbons (Fsp3) is 0.595. The fourth-order valence-electron chi connectivity index (χ4n) is 10.3. The van der Waals surface area contributed by atoms with Gasteiger partial charge in [0.1, 0.15) is 5.75 Å². The van der Waals surface area contributed by atoms with Crippen LogP contribution < -0.4 is 16.2 Å². The molecule has 2 aromatic carbocycles. The number of aliphatic carboxylic acids is 1. The first kappa shape index (κ1) is 36.6. The molecule has 52 heavy (non-hydrogen) atoms. The van der Waals surface area contributed by atoms with Crippen LogP contribution in [0.2, 0.25) is 0 Å². The van der Waals surface area contributed by atoms with Crippen LogP contribution in [0.4, 0.5) is 0 Å². The Balaban J connectivity index is 0.857. The van der Waals surface area contributed by atoms with Crippen molar-refractivity contribution in [3.63, 3.8) is 0 Å². The molecule has 10 heteroatoms. The topological polar surface area (TPSA) is 155 Å². The number of H-pyrrole nitrogens is 1. The maximum absolute atomic E-state index is 13.3. The number of carboxylic acid groups (broad SMARTS) is 1. The van der Waals surface area contributed by atoms with E-state index >= 15 is 0 Å². The van der Waals surface area contributed by atoms with Crippen molar-refractivity contribution in [3.8, 4) is 5.75 Å². The van der Waals surface area contributed by atoms with Gasteiger partial charge in [0.15, 0.2) is 0 Å². The van der Waals surface area contributed by atoms with Crippen LogP contribution in [0.1, 0.15) is 99.8 Å². The van der Waals surface area contributed by atoms with Crippen molar-refractivity contribution in [3.05, 3.63) is 75.6 Å². The molecule has 4 heterocycles. The summed E-state index contributed by atoms with van der Waals surface area (Å²) in [7, 11) is 0. The Kier molecular flexibility index (Phi) is 11.3. The van der Waals surface area contributed by atoms with Crippen LogP contribution in [0.25, 0.3) is 10.9 Å². The number of hydrogen-bond donors (Lipinski definition) is 6. The third kappa shape index (κ3) is 7.80. The summed E-state index contributed by atoms with van der Waals surface area (Å²) in [5, 5.41) is 39.2. The predicted octanol–water partition coefficient (Wildman–Crippen LogP) is 5.41. The van der Waals surface area contributed by atoms with Crippen LogP contribution in [0.5, 0.6) is 5.75 Å². The molecule has 10 nitrogen and oxygen atoms in total. The lowest BCUT2D eigenvalue weighted by Crippen LogP contribution is -2.56. The van der Waals surface area contributed by atoms with Crippen molar-refractivity contribution >= 4 is 22.8 Å². The van der Waals surface area contributed by atoms with Gasteiger partial charge in [0.2, 0.25) is 11.5 Å². The standard InChI is InChI=1S/C42H56N4O6/c47-36-16-14-32(33-15-17-39(50)45-40(33)36)37(48)25-43-24-28-10-12-31(13-11-28)44-38(49)9-4-6-27-5-3-7-30(23-27)42(41(51)52)20-2-1-8-35(42)34-26-46-21-18-29(34)19-22-46/h3,5,7,14-17,23,28-29,31,34-35,37,43,47-48H,1-2,4,6,8-13,18-22,24-26H2,(H,44,49)(H,45,50)(H,51,52)/t28?,31?,34?,35?,37-,42?/m0/s1. The molecule has 0 radical (unpaired) electrons. The minimum Gasteiger partial charge on any atom is -0.506 e. The van der Waals surface area contributed by atoms with E-state index < -0.39 is 17.5 Å². The molecule has 3 unspecified atom stereocenters. The number of fused-ring (bicyclic) bond motifs is 4. The second-order valence-corrected chi connectivity index (χ2v) is 16.2. The zero-order valence-corrected chi connectivity index (χ0v) is 30.3. The number of carbonyl (C=O) groups is 2. The number of aryl methyl sites for hydroxylation is 1. The van der Waals surface area contributed by atoms with Gasteiger partial charge in [-0.25, -0.2) is 0 Å². The highest BCUT2D eigenvalue weighted by molar-refractivity contribution is 5.87. The van der Waals surface area contributed by atoms with E-state index in [1.54, 1.807) is 12.1 Å². The number of aromatic amines is 1. The number of carboxylic acids is 1. The van der Waals surface area contributed by atoms with Crippen molar-refractivity contribution < 1.29 is 24.9 Å². The minimum absolute atomic E-state index is 0.0249. The number of aromatic nitrogens is 1. The van der Waals surface area contributed by atoms with E-state index in [0.29, 0.717) is 53.6 Å². The molecule has 2 saturated carbocycles. The fourth-order valence-corrected chi connectivity index (χ4v) is 10.3. The summed E-state index contributed by atoms with van der Waals surface area (Å²) in [5.74, 6) is 1.14. The number of rotatable bonds is 13. The van der Waals surface area contributed by atoms with E-state index in [9.17, 15) is 29.7 Å². The average molecular weight is 713 g/mol. The molecule has 5 aliphatic rings. The molecule has 2 bridgehead atoms. The molecule has 280 valence electrons. The van der Waals surface area contributed by atoms with Gasteiger partial charge in [0.25, 0.3) is 0 Å². The van der Waals surface area contributed by atoms with Gasteiger partial charge in [0, 0.05) is 37.0 Å². The van der Waals surface area contributed by atoms with E-state index in [1.807, 2.05) is 6.07 Å². The summed E-state index contributed by atoms with van der Waals surface area (Å²) in [6.07, 6.45) is 11.2. The molecule has 3 aliphatic heterocycles. The SMILES string of the molecule is O=C(CCCc1cccc(C2(C(=O)O)CCCCC2C2CN3CCC2CC3)c1)NC1CCC(CNC[C@H](O)c2ccc(O)c3[nH]c(=O)ccc23)CC1. The number of aromatic hydroxyl groups is 1. The lowest BCUT2D eigenvalue weighted by molar-refractivity contribution is -0.151. The first-order valence-electron chi connectivity index (χ1n) is 19.8. The second-order valence-electron chi connectivity index (χ2n) is 16.2. The van der Waals surface area contributed by atoms with Crippen molar-refractivity contribution in [1.82, 2.24) is 20.5 Å². The van der Waals surface area contributed by atoms with Crippen molar-refractivity contribution in [2.24, 2.45) is 23.7 Å². The lowest BCUT2D eigenvalue weighted by atomic mass is 9.55. The van der Waals surface area contributed by atoms with E-state index in [-0.39, 0.29) is 29.2 Å². The summed E-state index contributed by atoms with van der Waals surface area (Å²) in [6.45, 7) is 4.50. The predicted molar refractivity (Wildman–Crippen MR) is 201 cm³/mol. The minimum atomic E-state index is -0.826. The smallest absolute Gasteiger partial charge is 0.314 e. The third-order valence-electron chi connectivity index (χ3n) is 13.1. The number of nitrogens with zero attached hydrogens (tertiary/aromatic N) is 1. The number of aliphatic hydroxyl groups excluding tert-OH is 1. The maximum atomic E-state index is 13.3. The third-order valence-corrected chi connectivity index (χ3v) is 13.1. The molecule has 0 spiro atoms. The van der Waals surface area contributed by atoms with Gasteiger partial charge in [-0.15, -0.1) is 0 Å². The van der Waals surface area contributed by atoms with Gasteiger partial charge < -0.3 is 35.8 Å². The van der Waals surface area contributed by atoms with Crippen LogP contribution in [-0.2, 0) is 21.4 Å². The number of phenolic OH excluding ortho intramolecular Hbond substituents is 1. The summed E-state index contributed by atoms with van der Waals surface area (Å²) >= 11 is 0. The number of benzene rings is 2. The number of amides is 1. The monoisotopic (exact) mass is 712 g/mol. The molecule has 5 fully saturated rings. The summed E-state index contributed by atoms with van der Waals surface area (Å²) < 4.78 is 0. The summed E-state index contributed by atoms with van der Waals surface area (Å²) in [6, 6.07) is 14.7. The molecule has 1 amide bonds. The highest BCUT2D eigenvalue weighted by Gasteiger charge is 2.54. The van der Waals surface area contributed by atoms with Gasteiger partial charge >= 0.3 is 5.97 Å². The van der Waals surface area contributed by atoms with Gasteiger partial charge in [-0.05, 0) is 136 Å². The number of pyridine rings is 1. The number of aliphatic hydroxyl groups is 1. The summed E-state index contributed by atoms with van der Waals surface area (Å²) in [5.41, 5.74) is 1.94. The molecule has 3 aromatic rings. The van der Waals surface area contributed by atoms with Crippen molar-refractivity contribution in [1.29, 1.82) is 0 Å². The number of phenols is 1. The Morgan fingerprint density at radius 2 is 1.79 bits per heavy atom. The Labute approximate surface area is 306 Å². The molecule has 3 saturated heterocycles. The Morgan fingerprint density at radius 3 is 2.54 bits per heavy atom. The molecule has 8 rings (SSSR count). The quantitative estimate of drug-likeness (QED) is 0.138. The molecular weight excluding hydrogens is 656 g/mol. The van der Waals surface area contributed by atoms with E-state index in [2.05, 4.69) is 38.7 Å². The van der Waals surface area contributed by atoms with Crippen LogP contribution in [0, 0.1) is 23.7 Å². The van der Waals surface area contributed by atoms with Crippen LogP contribution in [0.15, 0.2) is 53.3 Å². The number of carbonyl (C=O) groups excluding carboxylic acids is 1. The highest BCUT2D eigenvalue weighted by atomic mass is 16.4. The molecule has 2 aliphatic carbocycles. The lowest BCUT2D eigenvalue weighted by Gasteiger charge is -2.53. The van der Waals surface area contributed by atoms with Crippen LogP contribution >= 0.6 is 0 Å². The van der Waals surface area contributed by atoms with Crippen LogP contribution in [-0.4, -0.2) is 75.8 Å². The number of nitrogens with one attached hydrogen (secondary N) is 3. The number of piperidine rings is 3. The zero-order valence-electron chi connectivity index (χ0n) is 30.3. The van der Waals surface area contributed by atoms with E-state index in [1.165, 1.54) is 25.0 Å². The molecule has 4 atom stereocenters. The van der Waals surface area contributed by atoms with Gasteiger partial charge in [-0.2, -0.15) is 0 Å². The van der Waals surface area contributed by atoms with Crippen molar-refractivity contribution in [2.75, 3.05) is 32.7 Å². The van der Waals surface area contributed by atoms with Crippen LogP contribution in [0.3, 0.4) is 0 Å². The molecular formula is C42H56N4O6. The highest BCUT2D eigenvalue weighted by Crippen LogP contribution is 2.52. The van der Waals surface area contributed by atoms with Gasteiger partial charge in [0.05, 0.1) is 17.0 Å². The van der Waals surface area contributed by atoms with E-state index in [0.717, 1.165) is 95.1 Å². The second kappa shape index (κ2) is 16.1. The average Bonchev–Trinajstić information content (AvgIpc) is 3.16. The van der Waals surface area contributed by atoms with Gasteiger partial charge in [-0.3, -0.25) is 14.4 Å². The largest absolute Gasteiger partial charge is 0.506 e. The Hall–Kier alpha value is -3.73.